The van der Waals surface area contributed by atoms with Gasteiger partial charge in [0, 0.05) is 12.1 Å². The normalized spacial score (nSPS) is 20.7. The number of likely N-dealkylation sites (tertiary alicyclic amines) is 1. The maximum Gasteiger partial charge on any atom is 0.254 e. The van der Waals surface area contributed by atoms with Crippen LogP contribution >= 0.6 is 0 Å². The molecule has 0 spiro atoms. The number of rotatable bonds is 3. The highest BCUT2D eigenvalue weighted by Gasteiger charge is 2.35. The van der Waals surface area contributed by atoms with Gasteiger partial charge in [0.25, 0.3) is 5.91 Å². The monoisotopic (exact) mass is 315 g/mol. The molecule has 2 aromatic rings. The number of aliphatic hydroxyl groups excluding tert-OH is 2. The van der Waals surface area contributed by atoms with Crippen molar-refractivity contribution in [2.24, 2.45) is 0 Å². The Balaban J connectivity index is 1.89. The minimum Gasteiger partial charge on any atom is -0.392 e. The van der Waals surface area contributed by atoms with E-state index in [1.165, 1.54) is 12.1 Å². The molecule has 5 heteroatoms. The van der Waals surface area contributed by atoms with Gasteiger partial charge < -0.3 is 15.1 Å². The fourth-order valence-electron chi connectivity index (χ4n) is 3.01. The predicted octanol–water partition coefficient (Wildman–Crippen LogP) is 2.27. The van der Waals surface area contributed by atoms with Crippen LogP contribution in [-0.4, -0.2) is 33.7 Å². The number of β-amino-alcohol motifs (C(OH)–C–C–N with tert-alkyl or cyclic N) is 1. The van der Waals surface area contributed by atoms with Gasteiger partial charge in [0.05, 0.1) is 18.8 Å². The van der Waals surface area contributed by atoms with Crippen LogP contribution in [0.5, 0.6) is 0 Å². The van der Waals surface area contributed by atoms with Gasteiger partial charge in [-0.05, 0) is 41.8 Å². The molecule has 0 saturated carbocycles. The Bertz CT molecular complexity index is 702. The van der Waals surface area contributed by atoms with Gasteiger partial charge in [-0.25, -0.2) is 4.39 Å². The van der Waals surface area contributed by atoms with Crippen molar-refractivity contribution in [3.05, 3.63) is 71.0 Å². The van der Waals surface area contributed by atoms with E-state index in [0.717, 1.165) is 5.56 Å². The van der Waals surface area contributed by atoms with Gasteiger partial charge in [0.1, 0.15) is 5.82 Å². The second-order valence-electron chi connectivity index (χ2n) is 5.77. The molecule has 1 saturated heterocycles. The maximum atomic E-state index is 13.1. The third-order valence-corrected chi connectivity index (χ3v) is 4.15. The number of carbonyl (C=O) groups is 1. The van der Waals surface area contributed by atoms with Gasteiger partial charge in [-0.15, -0.1) is 0 Å². The lowest BCUT2D eigenvalue weighted by atomic mass is 10.0. The minimum atomic E-state index is -0.602. The largest absolute Gasteiger partial charge is 0.392 e. The Morgan fingerprint density at radius 2 is 1.96 bits per heavy atom. The van der Waals surface area contributed by atoms with Crippen molar-refractivity contribution < 1.29 is 19.4 Å². The van der Waals surface area contributed by atoms with Crippen LogP contribution in [0.2, 0.25) is 0 Å². The van der Waals surface area contributed by atoms with E-state index in [4.69, 9.17) is 0 Å². The molecule has 1 heterocycles. The Hall–Kier alpha value is -2.24. The van der Waals surface area contributed by atoms with Gasteiger partial charge in [-0.3, -0.25) is 4.79 Å². The third kappa shape index (κ3) is 3.25. The van der Waals surface area contributed by atoms with E-state index < -0.39 is 6.10 Å². The summed E-state index contributed by atoms with van der Waals surface area (Å²) in [6, 6.07) is 12.5. The average Bonchev–Trinajstić information content (AvgIpc) is 2.96. The zero-order chi connectivity index (χ0) is 16.4. The Kier molecular flexibility index (Phi) is 4.41. The van der Waals surface area contributed by atoms with E-state index in [1.807, 2.05) is 0 Å². The topological polar surface area (TPSA) is 60.8 Å². The minimum absolute atomic E-state index is 0.134. The molecule has 3 rings (SSSR count). The van der Waals surface area contributed by atoms with Gasteiger partial charge >= 0.3 is 0 Å². The highest BCUT2D eigenvalue weighted by Crippen LogP contribution is 2.33. The van der Waals surface area contributed by atoms with Crippen molar-refractivity contribution in [3.63, 3.8) is 0 Å². The lowest BCUT2D eigenvalue weighted by Gasteiger charge is -2.25. The van der Waals surface area contributed by atoms with Crippen LogP contribution in [-0.2, 0) is 6.61 Å². The average molecular weight is 315 g/mol. The van der Waals surface area contributed by atoms with Crippen LogP contribution in [0, 0.1) is 5.82 Å². The summed E-state index contributed by atoms with van der Waals surface area (Å²) in [7, 11) is 0. The molecule has 0 bridgehead atoms. The number of hydrogen-bond donors (Lipinski definition) is 2. The molecule has 2 aromatic carbocycles. The molecule has 23 heavy (non-hydrogen) atoms. The molecule has 2 atom stereocenters. The number of nitrogens with zero attached hydrogens (tertiary/aromatic N) is 1. The van der Waals surface area contributed by atoms with E-state index in [-0.39, 0.29) is 30.9 Å². The van der Waals surface area contributed by atoms with E-state index >= 15 is 0 Å². The summed E-state index contributed by atoms with van der Waals surface area (Å²) in [4.78, 5) is 14.4. The van der Waals surface area contributed by atoms with Gasteiger partial charge in [0.2, 0.25) is 0 Å². The summed E-state index contributed by atoms with van der Waals surface area (Å²) in [5, 5.41) is 19.2. The summed E-state index contributed by atoms with van der Waals surface area (Å²) in [6.07, 6.45) is -0.174. The first kappa shape index (κ1) is 15.6. The van der Waals surface area contributed by atoms with Crippen LogP contribution in [0.1, 0.15) is 33.9 Å². The van der Waals surface area contributed by atoms with Crippen molar-refractivity contribution in [1.82, 2.24) is 4.90 Å². The van der Waals surface area contributed by atoms with Crippen molar-refractivity contribution in [3.8, 4) is 0 Å². The quantitative estimate of drug-likeness (QED) is 0.913. The molecule has 0 aromatic heterocycles. The number of hydrogen-bond acceptors (Lipinski definition) is 3. The number of benzene rings is 2. The van der Waals surface area contributed by atoms with Crippen molar-refractivity contribution in [2.75, 3.05) is 6.54 Å². The molecular weight excluding hydrogens is 297 g/mol. The highest BCUT2D eigenvalue weighted by molar-refractivity contribution is 5.95. The summed E-state index contributed by atoms with van der Waals surface area (Å²) in [5.74, 6) is -0.535. The van der Waals surface area contributed by atoms with E-state index in [0.29, 0.717) is 17.5 Å². The Morgan fingerprint density at radius 3 is 2.65 bits per heavy atom. The molecule has 0 aliphatic carbocycles. The summed E-state index contributed by atoms with van der Waals surface area (Å²) < 4.78 is 13.1. The first-order chi connectivity index (χ1) is 11.1. The lowest BCUT2D eigenvalue weighted by molar-refractivity contribution is 0.0715. The smallest absolute Gasteiger partial charge is 0.254 e. The van der Waals surface area contributed by atoms with E-state index in [2.05, 4.69) is 0 Å². The first-order valence-corrected chi connectivity index (χ1v) is 7.53. The molecular formula is C18H18FNO3. The molecule has 120 valence electrons. The van der Waals surface area contributed by atoms with Crippen LogP contribution in [0.4, 0.5) is 4.39 Å². The molecule has 2 N–H and O–H groups in total. The molecule has 1 amide bonds. The highest BCUT2D eigenvalue weighted by atomic mass is 19.1. The number of amides is 1. The molecule has 4 nitrogen and oxygen atoms in total. The Labute approximate surface area is 133 Å². The van der Waals surface area contributed by atoms with E-state index in [9.17, 15) is 19.4 Å². The molecule has 1 aliphatic heterocycles. The summed E-state index contributed by atoms with van der Waals surface area (Å²) in [5.41, 5.74) is 1.93. The predicted molar refractivity (Wildman–Crippen MR) is 83.2 cm³/mol. The fourth-order valence-corrected chi connectivity index (χ4v) is 3.01. The SMILES string of the molecule is O=C(c1cccc(CO)c1)N1CC(O)CC1c1ccc(F)cc1. The first-order valence-electron chi connectivity index (χ1n) is 7.53. The zero-order valence-corrected chi connectivity index (χ0v) is 12.5. The van der Waals surface area contributed by atoms with Gasteiger partial charge in [-0.1, -0.05) is 24.3 Å². The number of aliphatic hydroxyl groups is 2. The summed E-state index contributed by atoms with van der Waals surface area (Å²) in [6.45, 7) is 0.107. The van der Waals surface area contributed by atoms with Crippen molar-refractivity contribution in [1.29, 1.82) is 0 Å². The standard InChI is InChI=1S/C18H18FNO3/c19-15-6-4-13(5-7-15)17-9-16(22)10-20(17)18(23)14-3-1-2-12(8-14)11-21/h1-8,16-17,21-22H,9-11H2. The number of halogens is 1. The van der Waals surface area contributed by atoms with Gasteiger partial charge in [0.15, 0.2) is 0 Å². The number of carbonyl (C=O) groups excluding carboxylic acids is 1. The molecule has 1 fully saturated rings. The second-order valence-corrected chi connectivity index (χ2v) is 5.77. The molecule has 2 unspecified atom stereocenters. The second kappa shape index (κ2) is 6.48. The van der Waals surface area contributed by atoms with Crippen molar-refractivity contribution >= 4 is 5.91 Å². The van der Waals surface area contributed by atoms with E-state index in [1.54, 1.807) is 41.3 Å². The van der Waals surface area contributed by atoms with Crippen LogP contribution in [0.3, 0.4) is 0 Å². The van der Waals surface area contributed by atoms with Crippen LogP contribution in [0.25, 0.3) is 0 Å². The Morgan fingerprint density at radius 1 is 1.22 bits per heavy atom. The molecule has 1 aliphatic rings. The zero-order valence-electron chi connectivity index (χ0n) is 12.5. The van der Waals surface area contributed by atoms with Gasteiger partial charge in [-0.2, -0.15) is 0 Å². The molecule has 0 radical (unpaired) electrons. The summed E-state index contributed by atoms with van der Waals surface area (Å²) >= 11 is 0. The fraction of sp³-hybridized carbons (Fsp3) is 0.278. The van der Waals surface area contributed by atoms with Crippen LogP contribution in [0.15, 0.2) is 48.5 Å². The van der Waals surface area contributed by atoms with Crippen molar-refractivity contribution in [2.45, 2.75) is 25.2 Å². The third-order valence-electron chi connectivity index (χ3n) is 4.15. The lowest BCUT2D eigenvalue weighted by Crippen LogP contribution is -2.31. The maximum absolute atomic E-state index is 13.1. The van der Waals surface area contributed by atoms with Crippen LogP contribution < -0.4 is 0 Å².